The van der Waals surface area contributed by atoms with E-state index >= 15 is 0 Å². The Kier molecular flexibility index (Phi) is 5.71. The fourth-order valence-corrected chi connectivity index (χ4v) is 2.61. The second-order valence-electron chi connectivity index (χ2n) is 5.23. The van der Waals surface area contributed by atoms with Crippen molar-refractivity contribution in [3.05, 3.63) is 64.7 Å². The maximum absolute atomic E-state index is 13.0. The van der Waals surface area contributed by atoms with Crippen molar-refractivity contribution in [1.82, 2.24) is 10.3 Å². The van der Waals surface area contributed by atoms with Gasteiger partial charge in [-0.15, -0.1) is 0 Å². The lowest BCUT2D eigenvalue weighted by Crippen LogP contribution is -2.32. The lowest BCUT2D eigenvalue weighted by molar-refractivity contribution is 0.435. The Morgan fingerprint density at radius 2 is 2.00 bits per heavy atom. The van der Waals surface area contributed by atoms with Crippen molar-refractivity contribution < 1.29 is 4.39 Å². The third-order valence-corrected chi connectivity index (χ3v) is 3.85. The summed E-state index contributed by atoms with van der Waals surface area (Å²) in [5, 5.41) is 4.33. The van der Waals surface area contributed by atoms with Crippen molar-refractivity contribution in [2.24, 2.45) is 0 Å². The van der Waals surface area contributed by atoms with Gasteiger partial charge in [0.15, 0.2) is 0 Å². The molecule has 0 aliphatic heterocycles. The highest BCUT2D eigenvalue weighted by atomic mass is 35.5. The Morgan fingerprint density at radius 1 is 1.24 bits per heavy atom. The monoisotopic (exact) mass is 306 g/mol. The highest BCUT2D eigenvalue weighted by Crippen LogP contribution is 2.19. The Labute approximate surface area is 130 Å². The molecule has 0 amide bonds. The van der Waals surface area contributed by atoms with Gasteiger partial charge in [-0.2, -0.15) is 0 Å². The van der Waals surface area contributed by atoms with Gasteiger partial charge >= 0.3 is 0 Å². The molecule has 0 radical (unpaired) electrons. The molecule has 0 fully saturated rings. The van der Waals surface area contributed by atoms with Gasteiger partial charge in [-0.3, -0.25) is 4.98 Å². The molecule has 2 unspecified atom stereocenters. The average molecular weight is 307 g/mol. The predicted molar refractivity (Wildman–Crippen MR) is 85.0 cm³/mol. The van der Waals surface area contributed by atoms with E-state index in [2.05, 4.69) is 24.1 Å². The van der Waals surface area contributed by atoms with Crippen LogP contribution in [0.15, 0.2) is 42.6 Å². The molecule has 4 heteroatoms. The normalized spacial score (nSPS) is 13.9. The van der Waals surface area contributed by atoms with Gasteiger partial charge in [-0.1, -0.05) is 36.7 Å². The lowest BCUT2D eigenvalue weighted by Gasteiger charge is -2.22. The van der Waals surface area contributed by atoms with Crippen molar-refractivity contribution in [1.29, 1.82) is 0 Å². The van der Waals surface area contributed by atoms with Crippen LogP contribution in [0.25, 0.3) is 0 Å². The summed E-state index contributed by atoms with van der Waals surface area (Å²) >= 11 is 6.19. The van der Waals surface area contributed by atoms with E-state index in [-0.39, 0.29) is 17.9 Å². The first-order valence-electron chi connectivity index (χ1n) is 7.21. The van der Waals surface area contributed by atoms with Crippen LogP contribution in [-0.2, 0) is 6.42 Å². The van der Waals surface area contributed by atoms with E-state index in [1.165, 1.54) is 12.3 Å². The second-order valence-corrected chi connectivity index (χ2v) is 5.63. The largest absolute Gasteiger partial charge is 0.306 e. The SMILES string of the molecule is CCC(NC(C)Cc1ccccc1Cl)c1ccc(F)cn1. The number of pyridine rings is 1. The van der Waals surface area contributed by atoms with E-state index in [9.17, 15) is 4.39 Å². The van der Waals surface area contributed by atoms with Gasteiger partial charge < -0.3 is 5.32 Å². The third-order valence-electron chi connectivity index (χ3n) is 3.49. The summed E-state index contributed by atoms with van der Waals surface area (Å²) in [5.74, 6) is -0.308. The summed E-state index contributed by atoms with van der Waals surface area (Å²) in [5.41, 5.74) is 1.99. The molecule has 0 saturated heterocycles. The van der Waals surface area contributed by atoms with Crippen LogP contribution >= 0.6 is 11.6 Å². The van der Waals surface area contributed by atoms with Crippen molar-refractivity contribution in [3.8, 4) is 0 Å². The van der Waals surface area contributed by atoms with Crippen molar-refractivity contribution >= 4 is 11.6 Å². The zero-order valence-corrected chi connectivity index (χ0v) is 13.1. The molecule has 1 aromatic carbocycles. The minimum absolute atomic E-state index is 0.114. The van der Waals surface area contributed by atoms with Gasteiger partial charge in [-0.25, -0.2) is 4.39 Å². The molecule has 0 spiro atoms. The summed E-state index contributed by atoms with van der Waals surface area (Å²) in [6.45, 7) is 4.21. The van der Waals surface area contributed by atoms with Crippen LogP contribution in [-0.4, -0.2) is 11.0 Å². The molecule has 0 aliphatic rings. The second kappa shape index (κ2) is 7.53. The molecule has 0 aliphatic carbocycles. The van der Waals surface area contributed by atoms with Crippen LogP contribution in [0.2, 0.25) is 5.02 Å². The maximum Gasteiger partial charge on any atom is 0.141 e. The van der Waals surface area contributed by atoms with Crippen LogP contribution in [0, 0.1) is 5.82 Å². The minimum atomic E-state index is -0.308. The average Bonchev–Trinajstić information content (AvgIpc) is 2.48. The standard InChI is InChI=1S/C17H20ClFN2/c1-3-16(17-9-8-14(19)11-20-17)21-12(2)10-13-6-4-5-7-15(13)18/h4-9,11-12,16,21H,3,10H2,1-2H3. The Bertz CT molecular complexity index is 571. The number of hydrogen-bond donors (Lipinski definition) is 1. The van der Waals surface area contributed by atoms with Crippen LogP contribution in [0.4, 0.5) is 4.39 Å². The summed E-state index contributed by atoms with van der Waals surface area (Å²) < 4.78 is 13.0. The molecule has 0 bridgehead atoms. The number of benzene rings is 1. The van der Waals surface area contributed by atoms with Gasteiger partial charge in [0.05, 0.1) is 11.9 Å². The summed E-state index contributed by atoms with van der Waals surface area (Å²) in [4.78, 5) is 4.16. The van der Waals surface area contributed by atoms with E-state index in [1.807, 2.05) is 24.3 Å². The summed E-state index contributed by atoms with van der Waals surface area (Å²) in [7, 11) is 0. The zero-order chi connectivity index (χ0) is 15.2. The van der Waals surface area contributed by atoms with E-state index in [4.69, 9.17) is 11.6 Å². The number of hydrogen-bond acceptors (Lipinski definition) is 2. The number of nitrogens with one attached hydrogen (secondary N) is 1. The summed E-state index contributed by atoms with van der Waals surface area (Å²) in [6, 6.07) is 11.4. The van der Waals surface area contributed by atoms with Gasteiger partial charge in [0.2, 0.25) is 0 Å². The molecule has 0 saturated carbocycles. The molecule has 2 rings (SSSR count). The fraction of sp³-hybridized carbons (Fsp3) is 0.353. The van der Waals surface area contributed by atoms with Gasteiger partial charge in [0, 0.05) is 17.1 Å². The first kappa shape index (κ1) is 15.9. The summed E-state index contributed by atoms with van der Waals surface area (Å²) in [6.07, 6.45) is 3.00. The Hall–Kier alpha value is -1.45. The molecule has 21 heavy (non-hydrogen) atoms. The maximum atomic E-state index is 13.0. The molecular formula is C17H20ClFN2. The Balaban J connectivity index is 2.01. The first-order valence-corrected chi connectivity index (χ1v) is 7.58. The van der Waals surface area contributed by atoms with E-state index < -0.39 is 0 Å². The first-order chi connectivity index (χ1) is 10.1. The third kappa shape index (κ3) is 4.51. The molecular weight excluding hydrogens is 287 g/mol. The molecule has 1 heterocycles. The van der Waals surface area contributed by atoms with Gasteiger partial charge in [0.25, 0.3) is 0 Å². The van der Waals surface area contributed by atoms with Gasteiger partial charge in [-0.05, 0) is 43.5 Å². The quantitative estimate of drug-likeness (QED) is 0.847. The number of halogens is 2. The van der Waals surface area contributed by atoms with Crippen LogP contribution in [0.1, 0.15) is 37.6 Å². The lowest BCUT2D eigenvalue weighted by atomic mass is 10.0. The minimum Gasteiger partial charge on any atom is -0.306 e. The molecule has 112 valence electrons. The predicted octanol–water partition coefficient (Wildman–Crippen LogP) is 4.55. The van der Waals surface area contributed by atoms with Crippen molar-refractivity contribution in [2.45, 2.75) is 38.8 Å². The van der Waals surface area contributed by atoms with E-state index in [0.29, 0.717) is 0 Å². The molecule has 1 N–H and O–H groups in total. The Morgan fingerprint density at radius 3 is 2.62 bits per heavy atom. The highest BCUT2D eigenvalue weighted by molar-refractivity contribution is 6.31. The van der Waals surface area contributed by atoms with E-state index in [1.54, 1.807) is 6.07 Å². The van der Waals surface area contributed by atoms with Gasteiger partial charge in [0.1, 0.15) is 5.82 Å². The molecule has 1 aromatic heterocycles. The number of rotatable bonds is 6. The highest BCUT2D eigenvalue weighted by Gasteiger charge is 2.15. The van der Waals surface area contributed by atoms with Crippen LogP contribution in [0.3, 0.4) is 0 Å². The number of nitrogens with zero attached hydrogens (tertiary/aromatic N) is 1. The number of aromatic nitrogens is 1. The van der Waals surface area contributed by atoms with Crippen LogP contribution < -0.4 is 5.32 Å². The van der Waals surface area contributed by atoms with E-state index in [0.717, 1.165) is 29.1 Å². The molecule has 2 aromatic rings. The topological polar surface area (TPSA) is 24.9 Å². The fourth-order valence-electron chi connectivity index (χ4n) is 2.40. The zero-order valence-electron chi connectivity index (χ0n) is 12.3. The van der Waals surface area contributed by atoms with Crippen molar-refractivity contribution in [3.63, 3.8) is 0 Å². The molecule has 2 nitrogen and oxygen atoms in total. The van der Waals surface area contributed by atoms with Crippen LogP contribution in [0.5, 0.6) is 0 Å². The molecule has 2 atom stereocenters. The van der Waals surface area contributed by atoms with Crippen molar-refractivity contribution in [2.75, 3.05) is 0 Å². The smallest absolute Gasteiger partial charge is 0.141 e.